The van der Waals surface area contributed by atoms with Crippen LogP contribution < -0.4 is 21.2 Å². The molecule has 0 aliphatic carbocycles. The summed E-state index contributed by atoms with van der Waals surface area (Å²) < 4.78 is 16.7. The summed E-state index contributed by atoms with van der Waals surface area (Å²) in [5.41, 5.74) is 10.6. The van der Waals surface area contributed by atoms with Crippen molar-refractivity contribution in [3.8, 4) is 5.69 Å². The first-order valence-corrected chi connectivity index (χ1v) is 13.7. The van der Waals surface area contributed by atoms with Gasteiger partial charge in [-0.05, 0) is 56.0 Å². The number of aromatic nitrogens is 3. The molecule has 0 saturated carbocycles. The van der Waals surface area contributed by atoms with Gasteiger partial charge in [0.25, 0.3) is 0 Å². The fourth-order valence-electron chi connectivity index (χ4n) is 5.93. The van der Waals surface area contributed by atoms with E-state index < -0.39 is 11.5 Å². The van der Waals surface area contributed by atoms with Crippen molar-refractivity contribution >= 4 is 23.1 Å². The summed E-state index contributed by atoms with van der Waals surface area (Å²) in [4.78, 5) is 41.3. The molecule has 1 atom stereocenters. The second-order valence-electron chi connectivity index (χ2n) is 10.9. The van der Waals surface area contributed by atoms with Crippen LogP contribution in [0.25, 0.3) is 5.69 Å². The van der Waals surface area contributed by atoms with Gasteiger partial charge in [0.2, 0.25) is 5.91 Å². The number of amides is 1. The lowest BCUT2D eigenvalue weighted by Gasteiger charge is -2.42. The third-order valence-electron chi connectivity index (χ3n) is 7.90. The van der Waals surface area contributed by atoms with E-state index in [-0.39, 0.29) is 24.4 Å². The first kappa shape index (κ1) is 27.4. The summed E-state index contributed by atoms with van der Waals surface area (Å²) >= 11 is 0. The monoisotopic (exact) mass is 545 g/mol. The molecular formula is C30H36FN7O2. The summed E-state index contributed by atoms with van der Waals surface area (Å²) in [7, 11) is 0. The van der Waals surface area contributed by atoms with Crippen molar-refractivity contribution in [1.29, 1.82) is 0 Å². The van der Waals surface area contributed by atoms with Crippen molar-refractivity contribution in [2.24, 2.45) is 0 Å². The maximum atomic E-state index is 15.0. The van der Waals surface area contributed by atoms with Crippen molar-refractivity contribution in [3.05, 3.63) is 81.9 Å². The third-order valence-corrected chi connectivity index (χ3v) is 7.90. The summed E-state index contributed by atoms with van der Waals surface area (Å²) in [6.07, 6.45) is 3.63. The average Bonchev–Trinajstić information content (AvgIpc) is 2.92. The minimum Gasteiger partial charge on any atom is -0.397 e. The van der Waals surface area contributed by atoms with Gasteiger partial charge in [0.05, 0.1) is 35.0 Å². The molecule has 1 amide bonds. The molecule has 0 spiro atoms. The number of aryl methyl sites for hydroxylation is 1. The van der Waals surface area contributed by atoms with Crippen LogP contribution in [0, 0.1) is 12.7 Å². The summed E-state index contributed by atoms with van der Waals surface area (Å²) in [6, 6.07) is 6.51. The number of halogens is 1. The molecule has 2 aromatic heterocycles. The fourth-order valence-corrected chi connectivity index (χ4v) is 5.93. The minimum atomic E-state index is -0.410. The first-order valence-electron chi connectivity index (χ1n) is 13.7. The number of hydrogen-bond donors (Lipinski definition) is 1. The predicted octanol–water partition coefficient (Wildman–Crippen LogP) is 3.57. The van der Waals surface area contributed by atoms with Crippen molar-refractivity contribution in [3.63, 3.8) is 0 Å². The van der Waals surface area contributed by atoms with Gasteiger partial charge in [-0.15, -0.1) is 0 Å². The number of nitrogen functional groups attached to an aromatic ring is 1. The molecule has 1 aromatic carbocycles. The van der Waals surface area contributed by atoms with Crippen LogP contribution in [0.2, 0.25) is 0 Å². The Morgan fingerprint density at radius 1 is 1.20 bits per heavy atom. The molecule has 2 N–H and O–H groups in total. The van der Waals surface area contributed by atoms with Crippen LogP contribution in [0.1, 0.15) is 49.2 Å². The zero-order valence-corrected chi connectivity index (χ0v) is 23.5. The molecule has 0 unspecified atom stereocenters. The maximum Gasteiger partial charge on any atom is 0.354 e. The van der Waals surface area contributed by atoms with Crippen LogP contribution in [0.5, 0.6) is 0 Å². The quantitative estimate of drug-likeness (QED) is 0.387. The van der Waals surface area contributed by atoms with Gasteiger partial charge in [0.1, 0.15) is 11.6 Å². The topological polar surface area (TPSA) is 101 Å². The van der Waals surface area contributed by atoms with Gasteiger partial charge in [-0.25, -0.2) is 9.18 Å². The molecule has 4 heterocycles. The molecule has 2 aliphatic heterocycles. The summed E-state index contributed by atoms with van der Waals surface area (Å²) in [5.74, 6) is 0.185. The molecule has 5 rings (SSSR count). The van der Waals surface area contributed by atoms with Gasteiger partial charge < -0.3 is 20.4 Å². The number of anilines is 3. The van der Waals surface area contributed by atoms with Gasteiger partial charge in [-0.2, -0.15) is 4.98 Å². The second kappa shape index (κ2) is 10.7. The van der Waals surface area contributed by atoms with Gasteiger partial charge >= 0.3 is 5.69 Å². The Kier molecular flexibility index (Phi) is 7.35. The molecule has 10 heteroatoms. The Labute approximate surface area is 233 Å². The fraction of sp³-hybridized carbons (Fsp3) is 0.400. The summed E-state index contributed by atoms with van der Waals surface area (Å²) in [5, 5.41) is 0. The Morgan fingerprint density at radius 2 is 1.98 bits per heavy atom. The first-order chi connectivity index (χ1) is 19.1. The van der Waals surface area contributed by atoms with Crippen molar-refractivity contribution in [2.75, 3.05) is 41.7 Å². The largest absolute Gasteiger partial charge is 0.397 e. The molecule has 1 fully saturated rings. The average molecular weight is 546 g/mol. The smallest absolute Gasteiger partial charge is 0.354 e. The van der Waals surface area contributed by atoms with E-state index in [0.717, 1.165) is 28.2 Å². The number of pyridine rings is 1. The van der Waals surface area contributed by atoms with Crippen molar-refractivity contribution in [2.45, 2.75) is 52.6 Å². The number of nitrogens with zero attached hydrogens (tertiary/aromatic N) is 6. The molecule has 9 nitrogen and oxygen atoms in total. The van der Waals surface area contributed by atoms with Crippen LogP contribution in [0.3, 0.4) is 0 Å². The maximum absolute atomic E-state index is 15.0. The Balaban J connectivity index is 1.69. The van der Waals surface area contributed by atoms with Gasteiger partial charge in [-0.1, -0.05) is 26.5 Å². The van der Waals surface area contributed by atoms with E-state index in [1.54, 1.807) is 27.8 Å². The van der Waals surface area contributed by atoms with Crippen LogP contribution in [0.15, 0.2) is 47.9 Å². The van der Waals surface area contributed by atoms with E-state index in [2.05, 4.69) is 21.4 Å². The number of fused-ring (bicyclic) bond motifs is 1. The SMILES string of the molecule is C=CC(=O)N1CCN(c2nc(=O)n(-c3c(C)ccnc3C(C)C)c3c2CCN(c2c(N)cccc2F)C3)[C@@H](C)C1. The van der Waals surface area contributed by atoms with E-state index in [1.165, 1.54) is 12.1 Å². The van der Waals surface area contributed by atoms with E-state index in [4.69, 9.17) is 5.73 Å². The Morgan fingerprint density at radius 3 is 2.65 bits per heavy atom. The van der Waals surface area contributed by atoms with Crippen LogP contribution in [-0.2, 0) is 17.8 Å². The van der Waals surface area contributed by atoms with Crippen LogP contribution in [-0.4, -0.2) is 57.6 Å². The second-order valence-corrected chi connectivity index (χ2v) is 10.9. The molecule has 2 aliphatic rings. The lowest BCUT2D eigenvalue weighted by atomic mass is 9.99. The van der Waals surface area contributed by atoms with Gasteiger partial charge in [0.15, 0.2) is 0 Å². The third kappa shape index (κ3) is 4.71. The van der Waals surface area contributed by atoms with E-state index in [0.29, 0.717) is 49.8 Å². The van der Waals surface area contributed by atoms with Crippen molar-refractivity contribution < 1.29 is 9.18 Å². The highest BCUT2D eigenvalue weighted by Crippen LogP contribution is 2.36. The number of carbonyl (C=O) groups is 1. The summed E-state index contributed by atoms with van der Waals surface area (Å²) in [6.45, 7) is 14.0. The number of rotatable bonds is 5. The molecule has 3 aromatic rings. The number of benzene rings is 1. The van der Waals surface area contributed by atoms with E-state index in [1.807, 2.05) is 38.7 Å². The molecule has 0 radical (unpaired) electrons. The van der Waals surface area contributed by atoms with Crippen LogP contribution in [0.4, 0.5) is 21.6 Å². The van der Waals surface area contributed by atoms with Gasteiger partial charge in [0, 0.05) is 44.0 Å². The minimum absolute atomic E-state index is 0.0592. The molecule has 1 saturated heterocycles. The number of piperazine rings is 1. The Hall–Kier alpha value is -4.21. The highest BCUT2D eigenvalue weighted by atomic mass is 19.1. The zero-order valence-electron chi connectivity index (χ0n) is 23.5. The highest BCUT2D eigenvalue weighted by molar-refractivity contribution is 5.87. The number of hydrogen-bond acceptors (Lipinski definition) is 7. The number of carbonyl (C=O) groups excluding carboxylic acids is 1. The van der Waals surface area contributed by atoms with Crippen molar-refractivity contribution in [1.82, 2.24) is 19.4 Å². The lowest BCUT2D eigenvalue weighted by molar-refractivity contribution is -0.126. The number of nitrogens with two attached hydrogens (primary N) is 1. The van der Waals surface area contributed by atoms with Gasteiger partial charge in [-0.3, -0.25) is 14.3 Å². The normalized spacial score (nSPS) is 17.2. The lowest BCUT2D eigenvalue weighted by Crippen LogP contribution is -2.54. The molecular weight excluding hydrogens is 509 g/mol. The zero-order chi connectivity index (χ0) is 28.7. The Bertz CT molecular complexity index is 1510. The predicted molar refractivity (Wildman–Crippen MR) is 156 cm³/mol. The molecule has 40 heavy (non-hydrogen) atoms. The van der Waals surface area contributed by atoms with E-state index in [9.17, 15) is 9.59 Å². The standard InChI is InChI=1S/C30H36FN7O2/c1-6-25(39)35-14-15-37(20(5)16-35)29-21-11-13-36(28-22(31)8-7-9-23(28)32)17-24(21)38(30(40)34-29)27-19(4)10-12-33-26(27)18(2)3/h6-10,12,18,20H,1,11,13-17,32H2,2-5H3/t20-/m0/s1. The molecule has 0 bridgehead atoms. The van der Waals surface area contributed by atoms with Crippen LogP contribution >= 0.6 is 0 Å². The molecule has 210 valence electrons. The van der Waals surface area contributed by atoms with E-state index >= 15 is 4.39 Å². The number of para-hydroxylation sites is 1. The highest BCUT2D eigenvalue weighted by Gasteiger charge is 2.34.